The Bertz CT molecular complexity index is 722. The second-order valence-electron chi connectivity index (χ2n) is 5.96. The SMILES string of the molecule is Cc1ccc(NC(=O)C2CC2c2cc(Cl)cc(Cl)c2)c(C)c1. The molecule has 1 N–H and O–H groups in total. The van der Waals surface area contributed by atoms with Gasteiger partial charge in [-0.1, -0.05) is 40.9 Å². The molecule has 0 aromatic heterocycles. The van der Waals surface area contributed by atoms with Gasteiger partial charge in [-0.25, -0.2) is 0 Å². The van der Waals surface area contributed by atoms with Crippen molar-refractivity contribution in [2.75, 3.05) is 5.32 Å². The molecule has 3 rings (SSSR count). The van der Waals surface area contributed by atoms with Gasteiger partial charge in [0.15, 0.2) is 0 Å². The monoisotopic (exact) mass is 333 g/mol. The van der Waals surface area contributed by atoms with Gasteiger partial charge in [-0.2, -0.15) is 0 Å². The fourth-order valence-electron chi connectivity index (χ4n) is 2.82. The third kappa shape index (κ3) is 3.29. The molecule has 2 aromatic carbocycles. The van der Waals surface area contributed by atoms with E-state index in [0.717, 1.165) is 23.2 Å². The van der Waals surface area contributed by atoms with Crippen LogP contribution in [0.25, 0.3) is 0 Å². The zero-order valence-corrected chi connectivity index (χ0v) is 14.0. The molecule has 2 atom stereocenters. The maximum absolute atomic E-state index is 12.4. The number of aryl methyl sites for hydroxylation is 2. The summed E-state index contributed by atoms with van der Waals surface area (Å²) in [4.78, 5) is 12.4. The molecule has 0 bridgehead atoms. The van der Waals surface area contributed by atoms with Crippen molar-refractivity contribution in [3.05, 3.63) is 63.1 Å². The van der Waals surface area contributed by atoms with E-state index in [4.69, 9.17) is 23.2 Å². The highest BCUT2D eigenvalue weighted by atomic mass is 35.5. The van der Waals surface area contributed by atoms with Gasteiger partial charge in [-0.05, 0) is 61.6 Å². The molecule has 1 fully saturated rings. The lowest BCUT2D eigenvalue weighted by Crippen LogP contribution is -2.15. The maximum atomic E-state index is 12.4. The third-order valence-electron chi connectivity index (χ3n) is 4.08. The lowest BCUT2D eigenvalue weighted by Gasteiger charge is -2.09. The minimum atomic E-state index is -0.00441. The van der Waals surface area contributed by atoms with E-state index >= 15 is 0 Å². The molecule has 0 heterocycles. The van der Waals surface area contributed by atoms with Crippen molar-refractivity contribution >= 4 is 34.8 Å². The summed E-state index contributed by atoms with van der Waals surface area (Å²) in [6.07, 6.45) is 0.841. The molecule has 0 saturated heterocycles. The quantitative estimate of drug-likeness (QED) is 0.805. The fraction of sp³-hybridized carbons (Fsp3) is 0.278. The average Bonchev–Trinajstić information content (AvgIpc) is 3.21. The minimum absolute atomic E-state index is 0.00441. The van der Waals surface area contributed by atoms with Crippen LogP contribution in [0.3, 0.4) is 0 Å². The molecule has 2 unspecified atom stereocenters. The standard InChI is InChI=1S/C18H17Cl2NO/c1-10-3-4-17(11(2)5-10)21-18(22)16-9-15(16)12-6-13(19)8-14(20)7-12/h3-8,15-16H,9H2,1-2H3,(H,21,22). The van der Waals surface area contributed by atoms with Crippen LogP contribution in [-0.4, -0.2) is 5.91 Å². The highest BCUT2D eigenvalue weighted by Crippen LogP contribution is 2.49. The Labute approximate surface area is 140 Å². The van der Waals surface area contributed by atoms with E-state index < -0.39 is 0 Å². The summed E-state index contributed by atoms with van der Waals surface area (Å²) in [5.74, 6) is 0.269. The molecule has 1 aliphatic rings. The number of carbonyl (C=O) groups excluding carboxylic acids is 1. The number of hydrogen-bond donors (Lipinski definition) is 1. The normalized spacial score (nSPS) is 19.8. The van der Waals surface area contributed by atoms with Gasteiger partial charge in [-0.3, -0.25) is 4.79 Å². The predicted octanol–water partition coefficient (Wildman–Crippen LogP) is 5.35. The van der Waals surface area contributed by atoms with Crippen LogP contribution in [0.4, 0.5) is 5.69 Å². The number of benzene rings is 2. The van der Waals surface area contributed by atoms with Crippen LogP contribution in [0.5, 0.6) is 0 Å². The van der Waals surface area contributed by atoms with Crippen molar-refractivity contribution in [1.82, 2.24) is 0 Å². The number of rotatable bonds is 3. The number of hydrogen-bond acceptors (Lipinski definition) is 1. The smallest absolute Gasteiger partial charge is 0.228 e. The van der Waals surface area contributed by atoms with Crippen LogP contribution in [-0.2, 0) is 4.79 Å². The highest BCUT2D eigenvalue weighted by molar-refractivity contribution is 6.34. The number of nitrogens with one attached hydrogen (secondary N) is 1. The van der Waals surface area contributed by atoms with Crippen LogP contribution >= 0.6 is 23.2 Å². The summed E-state index contributed by atoms with van der Waals surface area (Å²) in [5.41, 5.74) is 4.19. The van der Waals surface area contributed by atoms with Crippen molar-refractivity contribution in [3.63, 3.8) is 0 Å². The Morgan fingerprint density at radius 2 is 1.77 bits per heavy atom. The second-order valence-corrected chi connectivity index (χ2v) is 6.83. The van der Waals surface area contributed by atoms with E-state index in [9.17, 15) is 4.79 Å². The minimum Gasteiger partial charge on any atom is -0.326 e. The summed E-state index contributed by atoms with van der Waals surface area (Å²) in [6.45, 7) is 4.04. The van der Waals surface area contributed by atoms with Gasteiger partial charge < -0.3 is 5.32 Å². The molecular formula is C18H17Cl2NO. The molecule has 22 heavy (non-hydrogen) atoms. The van der Waals surface area contributed by atoms with Gasteiger partial charge in [0.2, 0.25) is 5.91 Å². The molecule has 1 saturated carbocycles. The van der Waals surface area contributed by atoms with Crippen LogP contribution < -0.4 is 5.32 Å². The van der Waals surface area contributed by atoms with Crippen molar-refractivity contribution in [3.8, 4) is 0 Å². The van der Waals surface area contributed by atoms with Gasteiger partial charge in [0.1, 0.15) is 0 Å². The Morgan fingerprint density at radius 3 is 2.41 bits per heavy atom. The first-order valence-electron chi connectivity index (χ1n) is 7.28. The summed E-state index contributed by atoms with van der Waals surface area (Å²) in [7, 11) is 0. The van der Waals surface area contributed by atoms with Gasteiger partial charge in [0.25, 0.3) is 0 Å². The molecule has 1 amide bonds. The van der Waals surface area contributed by atoms with Gasteiger partial charge in [-0.15, -0.1) is 0 Å². The summed E-state index contributed by atoms with van der Waals surface area (Å²) in [5, 5.41) is 4.25. The first-order chi connectivity index (χ1) is 10.4. The van der Waals surface area contributed by atoms with Gasteiger partial charge in [0, 0.05) is 21.7 Å². The molecule has 2 nitrogen and oxygen atoms in total. The predicted molar refractivity (Wildman–Crippen MR) is 91.9 cm³/mol. The van der Waals surface area contributed by atoms with Gasteiger partial charge in [0.05, 0.1) is 0 Å². The maximum Gasteiger partial charge on any atom is 0.228 e. The van der Waals surface area contributed by atoms with E-state index in [1.165, 1.54) is 5.56 Å². The number of amides is 1. The fourth-order valence-corrected chi connectivity index (χ4v) is 3.36. The molecule has 0 aliphatic heterocycles. The molecule has 114 valence electrons. The molecule has 0 spiro atoms. The zero-order valence-electron chi connectivity index (χ0n) is 12.5. The van der Waals surface area contributed by atoms with E-state index in [0.29, 0.717) is 10.0 Å². The van der Waals surface area contributed by atoms with Crippen molar-refractivity contribution in [2.24, 2.45) is 5.92 Å². The average molecular weight is 334 g/mol. The van der Waals surface area contributed by atoms with E-state index in [2.05, 4.69) is 11.4 Å². The third-order valence-corrected chi connectivity index (χ3v) is 4.52. The van der Waals surface area contributed by atoms with Crippen LogP contribution in [0, 0.1) is 19.8 Å². The van der Waals surface area contributed by atoms with Crippen LogP contribution in [0.15, 0.2) is 36.4 Å². The largest absolute Gasteiger partial charge is 0.326 e. The highest BCUT2D eigenvalue weighted by Gasteiger charge is 2.44. The Hall–Kier alpha value is -1.51. The number of anilines is 1. The lowest BCUT2D eigenvalue weighted by atomic mass is 10.1. The first kappa shape index (κ1) is 15.4. The Balaban J connectivity index is 1.70. The Kier molecular flexibility index (Phi) is 4.16. The summed E-state index contributed by atoms with van der Waals surface area (Å²) in [6, 6.07) is 11.5. The zero-order chi connectivity index (χ0) is 15.9. The molecule has 4 heteroatoms. The summed E-state index contributed by atoms with van der Waals surface area (Å²) >= 11 is 12.1. The van der Waals surface area contributed by atoms with Crippen LogP contribution in [0.2, 0.25) is 10.0 Å². The van der Waals surface area contributed by atoms with Gasteiger partial charge >= 0.3 is 0 Å². The number of halogens is 2. The second kappa shape index (κ2) is 5.94. The topological polar surface area (TPSA) is 29.1 Å². The summed E-state index contributed by atoms with van der Waals surface area (Å²) < 4.78 is 0. The molecule has 0 radical (unpaired) electrons. The Morgan fingerprint density at radius 1 is 1.09 bits per heavy atom. The van der Waals surface area contributed by atoms with Crippen molar-refractivity contribution in [2.45, 2.75) is 26.2 Å². The lowest BCUT2D eigenvalue weighted by molar-refractivity contribution is -0.117. The first-order valence-corrected chi connectivity index (χ1v) is 8.04. The van der Waals surface area contributed by atoms with E-state index in [1.54, 1.807) is 6.07 Å². The van der Waals surface area contributed by atoms with Crippen molar-refractivity contribution < 1.29 is 4.79 Å². The molecular weight excluding hydrogens is 317 g/mol. The molecule has 2 aromatic rings. The van der Waals surface area contributed by atoms with E-state index in [-0.39, 0.29) is 17.7 Å². The van der Waals surface area contributed by atoms with E-state index in [1.807, 2.05) is 38.1 Å². The van der Waals surface area contributed by atoms with Crippen molar-refractivity contribution in [1.29, 1.82) is 0 Å². The molecule has 1 aliphatic carbocycles. The van der Waals surface area contributed by atoms with Crippen LogP contribution in [0.1, 0.15) is 29.0 Å². The number of carbonyl (C=O) groups is 1.